The summed E-state index contributed by atoms with van der Waals surface area (Å²) >= 11 is 0. The molecule has 1 saturated heterocycles. The van der Waals surface area contributed by atoms with Gasteiger partial charge in [0.25, 0.3) is 0 Å². The Morgan fingerprint density at radius 3 is 2.67 bits per heavy atom. The molecule has 1 aliphatic rings. The Morgan fingerprint density at radius 1 is 1.07 bits per heavy atom. The van der Waals surface area contributed by atoms with Crippen molar-refractivity contribution in [3.8, 4) is 5.75 Å². The molecule has 1 N–H and O–H groups in total. The number of para-hydroxylation sites is 1. The van der Waals surface area contributed by atoms with Crippen molar-refractivity contribution in [1.82, 2.24) is 15.3 Å². The van der Waals surface area contributed by atoms with Crippen molar-refractivity contribution in [2.45, 2.75) is 26.0 Å². The van der Waals surface area contributed by atoms with Gasteiger partial charge in [0.15, 0.2) is 0 Å². The maximum Gasteiger partial charge on any atom is 0.225 e. The number of nitrogens with zero attached hydrogens (tertiary/aromatic N) is 3. The van der Waals surface area contributed by atoms with Crippen molar-refractivity contribution in [2.24, 2.45) is 5.92 Å². The van der Waals surface area contributed by atoms with E-state index in [2.05, 4.69) is 20.2 Å². The van der Waals surface area contributed by atoms with Crippen molar-refractivity contribution in [3.63, 3.8) is 0 Å². The Hall–Kier alpha value is -3.41. The highest BCUT2D eigenvalue weighted by molar-refractivity contribution is 5.79. The van der Waals surface area contributed by atoms with E-state index >= 15 is 0 Å². The zero-order chi connectivity index (χ0) is 20.6. The van der Waals surface area contributed by atoms with E-state index in [1.54, 1.807) is 18.6 Å². The molecular weight excluding hydrogens is 376 g/mol. The minimum Gasteiger partial charge on any atom is -0.489 e. The molecule has 0 bridgehead atoms. The molecule has 0 saturated carbocycles. The lowest BCUT2D eigenvalue weighted by Gasteiger charge is -2.32. The largest absolute Gasteiger partial charge is 0.489 e. The van der Waals surface area contributed by atoms with E-state index in [1.807, 2.05) is 54.6 Å². The second-order valence-corrected chi connectivity index (χ2v) is 7.44. The van der Waals surface area contributed by atoms with Crippen LogP contribution in [0.4, 0.5) is 5.82 Å². The van der Waals surface area contributed by atoms with E-state index in [0.29, 0.717) is 19.7 Å². The van der Waals surface area contributed by atoms with Gasteiger partial charge in [0.05, 0.1) is 12.1 Å². The third kappa shape index (κ3) is 5.14. The van der Waals surface area contributed by atoms with E-state index in [-0.39, 0.29) is 11.8 Å². The summed E-state index contributed by atoms with van der Waals surface area (Å²) in [5, 5.41) is 3.12. The molecule has 154 valence electrons. The van der Waals surface area contributed by atoms with Crippen LogP contribution in [0.1, 0.15) is 24.0 Å². The molecule has 1 fully saturated rings. The zero-order valence-electron chi connectivity index (χ0n) is 16.9. The molecule has 0 aliphatic carbocycles. The minimum atomic E-state index is -0.0477. The third-order valence-electron chi connectivity index (χ3n) is 5.37. The van der Waals surface area contributed by atoms with Gasteiger partial charge < -0.3 is 15.0 Å². The van der Waals surface area contributed by atoms with Crippen LogP contribution in [0, 0.1) is 5.92 Å². The van der Waals surface area contributed by atoms with Crippen LogP contribution in [-0.4, -0.2) is 29.0 Å². The summed E-state index contributed by atoms with van der Waals surface area (Å²) in [7, 11) is 0. The quantitative estimate of drug-likeness (QED) is 0.654. The van der Waals surface area contributed by atoms with Crippen molar-refractivity contribution >= 4 is 11.7 Å². The number of carbonyl (C=O) groups excluding carboxylic acids is 1. The van der Waals surface area contributed by atoms with Gasteiger partial charge in [0, 0.05) is 32.0 Å². The molecule has 6 heteroatoms. The SMILES string of the molecule is O=C(NCc1ccccc1COc1ccccc1)[C@@H]1CCCN(c2cnccn2)C1. The first kappa shape index (κ1) is 19.9. The monoisotopic (exact) mass is 402 g/mol. The summed E-state index contributed by atoms with van der Waals surface area (Å²) in [6.07, 6.45) is 6.96. The van der Waals surface area contributed by atoms with Crippen molar-refractivity contribution in [2.75, 3.05) is 18.0 Å². The molecule has 0 unspecified atom stereocenters. The molecule has 6 nitrogen and oxygen atoms in total. The number of aromatic nitrogens is 2. The van der Waals surface area contributed by atoms with Crippen LogP contribution in [0.5, 0.6) is 5.75 Å². The predicted molar refractivity (Wildman–Crippen MR) is 116 cm³/mol. The number of anilines is 1. The fourth-order valence-electron chi connectivity index (χ4n) is 3.73. The summed E-state index contributed by atoms with van der Waals surface area (Å²) in [5.41, 5.74) is 2.15. The molecular formula is C24H26N4O2. The highest BCUT2D eigenvalue weighted by Gasteiger charge is 2.26. The van der Waals surface area contributed by atoms with Crippen LogP contribution in [-0.2, 0) is 17.9 Å². The van der Waals surface area contributed by atoms with Gasteiger partial charge in [-0.15, -0.1) is 0 Å². The van der Waals surface area contributed by atoms with Crippen molar-refractivity contribution in [3.05, 3.63) is 84.3 Å². The summed E-state index contributed by atoms with van der Waals surface area (Å²) in [6.45, 7) is 2.54. The Bertz CT molecular complexity index is 950. The van der Waals surface area contributed by atoms with Gasteiger partial charge in [-0.2, -0.15) is 0 Å². The summed E-state index contributed by atoms with van der Waals surface area (Å²) in [4.78, 5) is 23.5. The zero-order valence-corrected chi connectivity index (χ0v) is 16.9. The lowest BCUT2D eigenvalue weighted by Crippen LogP contribution is -2.43. The van der Waals surface area contributed by atoms with Crippen LogP contribution in [0.15, 0.2) is 73.2 Å². The van der Waals surface area contributed by atoms with Crippen molar-refractivity contribution < 1.29 is 9.53 Å². The maximum atomic E-state index is 12.8. The number of ether oxygens (including phenoxy) is 1. The van der Waals surface area contributed by atoms with Gasteiger partial charge in [0.2, 0.25) is 5.91 Å². The van der Waals surface area contributed by atoms with Gasteiger partial charge in [0.1, 0.15) is 18.2 Å². The molecule has 2 heterocycles. The van der Waals surface area contributed by atoms with E-state index in [1.165, 1.54) is 0 Å². The van der Waals surface area contributed by atoms with Crippen LogP contribution >= 0.6 is 0 Å². The summed E-state index contributed by atoms with van der Waals surface area (Å²) in [5.74, 6) is 1.71. The molecule has 0 radical (unpaired) electrons. The second-order valence-electron chi connectivity index (χ2n) is 7.44. The molecule has 4 rings (SSSR count). The first-order valence-electron chi connectivity index (χ1n) is 10.3. The average molecular weight is 402 g/mol. The Balaban J connectivity index is 1.33. The van der Waals surface area contributed by atoms with Crippen LogP contribution < -0.4 is 15.0 Å². The third-order valence-corrected chi connectivity index (χ3v) is 5.37. The minimum absolute atomic E-state index is 0.0477. The van der Waals surface area contributed by atoms with E-state index in [0.717, 1.165) is 42.1 Å². The van der Waals surface area contributed by atoms with Gasteiger partial charge in [-0.05, 0) is 36.1 Å². The fourth-order valence-corrected chi connectivity index (χ4v) is 3.73. The van der Waals surface area contributed by atoms with Gasteiger partial charge in [-0.1, -0.05) is 42.5 Å². The highest BCUT2D eigenvalue weighted by atomic mass is 16.5. The van der Waals surface area contributed by atoms with Gasteiger partial charge in [-0.25, -0.2) is 4.98 Å². The molecule has 2 aromatic carbocycles. The number of benzene rings is 2. The predicted octanol–water partition coefficient (Wildman–Crippen LogP) is 3.59. The van der Waals surface area contributed by atoms with E-state index in [9.17, 15) is 4.79 Å². The normalized spacial score (nSPS) is 16.1. The molecule has 0 spiro atoms. The molecule has 30 heavy (non-hydrogen) atoms. The standard InChI is InChI=1S/C24H26N4O2/c29-24(20-9-6-14-28(17-20)23-16-25-12-13-26-23)27-15-19-7-4-5-8-21(19)18-30-22-10-2-1-3-11-22/h1-5,7-8,10-13,16,20H,6,9,14-15,17-18H2,(H,27,29)/t20-/m1/s1. The highest BCUT2D eigenvalue weighted by Crippen LogP contribution is 2.21. The molecule has 1 amide bonds. The molecule has 3 aromatic rings. The maximum absolute atomic E-state index is 12.8. The van der Waals surface area contributed by atoms with Crippen LogP contribution in [0.2, 0.25) is 0 Å². The first-order chi connectivity index (χ1) is 14.8. The lowest BCUT2D eigenvalue weighted by atomic mass is 9.97. The second kappa shape index (κ2) is 9.87. The fraction of sp³-hybridized carbons (Fsp3) is 0.292. The number of carbonyl (C=O) groups is 1. The van der Waals surface area contributed by atoms with Crippen LogP contribution in [0.25, 0.3) is 0 Å². The van der Waals surface area contributed by atoms with E-state index in [4.69, 9.17) is 4.74 Å². The topological polar surface area (TPSA) is 67.3 Å². The van der Waals surface area contributed by atoms with Crippen molar-refractivity contribution in [1.29, 1.82) is 0 Å². The lowest BCUT2D eigenvalue weighted by molar-refractivity contribution is -0.125. The van der Waals surface area contributed by atoms with Gasteiger partial charge in [-0.3, -0.25) is 9.78 Å². The average Bonchev–Trinajstić information content (AvgIpc) is 2.83. The Morgan fingerprint density at radius 2 is 1.87 bits per heavy atom. The summed E-state index contributed by atoms with van der Waals surface area (Å²) < 4.78 is 5.89. The number of piperidine rings is 1. The molecule has 1 aliphatic heterocycles. The smallest absolute Gasteiger partial charge is 0.225 e. The number of hydrogen-bond donors (Lipinski definition) is 1. The number of amides is 1. The van der Waals surface area contributed by atoms with Gasteiger partial charge >= 0.3 is 0 Å². The summed E-state index contributed by atoms with van der Waals surface area (Å²) in [6, 6.07) is 17.8. The van der Waals surface area contributed by atoms with E-state index < -0.39 is 0 Å². The first-order valence-corrected chi connectivity index (χ1v) is 10.3. The van der Waals surface area contributed by atoms with Crippen LogP contribution in [0.3, 0.4) is 0 Å². The molecule has 1 atom stereocenters. The Labute approximate surface area is 176 Å². The number of hydrogen-bond acceptors (Lipinski definition) is 5. The number of rotatable bonds is 7. The molecule has 1 aromatic heterocycles. The Kier molecular flexibility index (Phi) is 6.54. The number of nitrogens with one attached hydrogen (secondary N) is 1.